The molecule has 9 heteroatoms. The van der Waals surface area contributed by atoms with E-state index in [0.29, 0.717) is 53.7 Å². The third kappa shape index (κ3) is 5.13. The summed E-state index contributed by atoms with van der Waals surface area (Å²) in [5.74, 6) is 1.21. The van der Waals surface area contributed by atoms with Gasteiger partial charge in [0.25, 0.3) is 5.56 Å². The van der Waals surface area contributed by atoms with E-state index in [1.54, 1.807) is 19.3 Å². The minimum atomic E-state index is -0.464. The Labute approximate surface area is 202 Å². The van der Waals surface area contributed by atoms with Crippen molar-refractivity contribution in [1.82, 2.24) is 14.1 Å². The molecule has 0 amide bonds. The maximum atomic E-state index is 13.2. The Balaban J connectivity index is 1.78. The number of aromatic nitrogens is 3. The third-order valence-electron chi connectivity index (χ3n) is 5.94. The molecule has 0 bridgehead atoms. The molecule has 0 radical (unpaired) electrons. The largest absolute Gasteiger partial charge is 0.443 e. The quantitative estimate of drug-likeness (QED) is 0.581. The second-order valence-corrected chi connectivity index (χ2v) is 8.89. The maximum absolute atomic E-state index is 13.2. The standard InChI is InChI=1S/C25H27ClN4O4/c1-16-4-9-20(10-5-16)34-23-17(14-19-8-7-18(26)15-27-19)6-11-21-22(28-23)29(2)25(33)30(24(21)32)12-3-13-31/h4-5,7-10,15,17,31H,3,6,11-14H2,1-2H3. The molecule has 1 aliphatic rings. The summed E-state index contributed by atoms with van der Waals surface area (Å²) in [6.45, 7) is 2.05. The molecule has 0 saturated carbocycles. The third-order valence-corrected chi connectivity index (χ3v) is 6.17. The number of fused-ring (bicyclic) bond motifs is 1. The van der Waals surface area contributed by atoms with Gasteiger partial charge < -0.3 is 9.84 Å². The molecule has 3 heterocycles. The maximum Gasteiger partial charge on any atom is 0.332 e. The number of benzene rings is 1. The zero-order valence-corrected chi connectivity index (χ0v) is 20.0. The highest BCUT2D eigenvalue weighted by molar-refractivity contribution is 6.30. The molecule has 4 rings (SSSR count). The van der Waals surface area contributed by atoms with Crippen LogP contribution in [-0.4, -0.2) is 31.7 Å². The molecule has 1 aliphatic heterocycles. The summed E-state index contributed by atoms with van der Waals surface area (Å²) in [6, 6.07) is 11.3. The fraction of sp³-hybridized carbons (Fsp3) is 0.360. The lowest BCUT2D eigenvalue weighted by Gasteiger charge is -2.18. The molecule has 3 aromatic rings. The number of nitrogens with zero attached hydrogens (tertiary/aromatic N) is 4. The van der Waals surface area contributed by atoms with Gasteiger partial charge in [-0.3, -0.25) is 18.9 Å². The zero-order valence-electron chi connectivity index (χ0n) is 19.2. The van der Waals surface area contributed by atoms with E-state index in [4.69, 9.17) is 26.4 Å². The van der Waals surface area contributed by atoms with Crippen LogP contribution in [-0.2, 0) is 26.4 Å². The van der Waals surface area contributed by atoms with Crippen molar-refractivity contribution in [2.75, 3.05) is 6.61 Å². The molecular formula is C25H27ClN4O4. The SMILES string of the molecule is Cc1ccc(OC2=Nc3c(c(=O)n(CCCO)c(=O)n3C)CCC2Cc2ccc(Cl)cn2)cc1. The summed E-state index contributed by atoms with van der Waals surface area (Å²) in [5.41, 5.74) is 1.57. The Morgan fingerprint density at radius 2 is 1.94 bits per heavy atom. The summed E-state index contributed by atoms with van der Waals surface area (Å²) in [6.07, 6.45) is 3.50. The topological polar surface area (TPSA) is 98.7 Å². The van der Waals surface area contributed by atoms with Gasteiger partial charge in [-0.05, 0) is 50.5 Å². The average molecular weight is 483 g/mol. The monoisotopic (exact) mass is 482 g/mol. The van der Waals surface area contributed by atoms with Crippen molar-refractivity contribution in [2.24, 2.45) is 18.0 Å². The Morgan fingerprint density at radius 3 is 2.62 bits per heavy atom. The lowest BCUT2D eigenvalue weighted by Crippen LogP contribution is -2.41. The van der Waals surface area contributed by atoms with Gasteiger partial charge >= 0.3 is 5.69 Å². The Morgan fingerprint density at radius 1 is 1.18 bits per heavy atom. The number of aryl methyl sites for hydroxylation is 1. The number of aliphatic hydroxyl groups is 1. The van der Waals surface area contributed by atoms with Gasteiger partial charge in [0.15, 0.2) is 5.90 Å². The molecule has 34 heavy (non-hydrogen) atoms. The highest BCUT2D eigenvalue weighted by Crippen LogP contribution is 2.28. The minimum absolute atomic E-state index is 0.102. The fourth-order valence-electron chi connectivity index (χ4n) is 4.05. The van der Waals surface area contributed by atoms with Crippen LogP contribution in [0.1, 0.15) is 29.7 Å². The Kier molecular flexibility index (Phi) is 7.29. The molecule has 0 aliphatic carbocycles. The van der Waals surface area contributed by atoms with Crippen LogP contribution in [0.25, 0.3) is 0 Å². The number of hydrogen-bond donors (Lipinski definition) is 1. The second-order valence-electron chi connectivity index (χ2n) is 8.45. The van der Waals surface area contributed by atoms with E-state index in [1.165, 1.54) is 9.13 Å². The summed E-state index contributed by atoms with van der Waals surface area (Å²) in [5, 5.41) is 9.73. The molecule has 1 unspecified atom stereocenters. The van der Waals surface area contributed by atoms with Crippen LogP contribution >= 0.6 is 11.6 Å². The summed E-state index contributed by atoms with van der Waals surface area (Å²) >= 11 is 5.99. The lowest BCUT2D eigenvalue weighted by molar-refractivity contribution is 0.277. The van der Waals surface area contributed by atoms with E-state index in [9.17, 15) is 9.59 Å². The second kappa shape index (κ2) is 10.4. The molecular weight excluding hydrogens is 456 g/mol. The van der Waals surface area contributed by atoms with Crippen molar-refractivity contribution in [3.05, 3.63) is 85.3 Å². The van der Waals surface area contributed by atoms with Crippen molar-refractivity contribution in [1.29, 1.82) is 0 Å². The van der Waals surface area contributed by atoms with Gasteiger partial charge in [-0.2, -0.15) is 4.99 Å². The molecule has 178 valence electrons. The Hall–Kier alpha value is -3.23. The highest BCUT2D eigenvalue weighted by Gasteiger charge is 2.28. The normalized spacial score (nSPS) is 15.4. The van der Waals surface area contributed by atoms with Crippen LogP contribution in [0.3, 0.4) is 0 Å². The number of halogens is 1. The van der Waals surface area contributed by atoms with Crippen LogP contribution in [0.5, 0.6) is 5.75 Å². The lowest BCUT2D eigenvalue weighted by atomic mass is 9.96. The molecule has 0 fully saturated rings. The zero-order chi connectivity index (χ0) is 24.2. The smallest absolute Gasteiger partial charge is 0.332 e. The highest BCUT2D eigenvalue weighted by atomic mass is 35.5. The number of rotatable bonds is 6. The van der Waals surface area contributed by atoms with Gasteiger partial charge in [0.1, 0.15) is 11.6 Å². The van der Waals surface area contributed by atoms with Crippen molar-refractivity contribution < 1.29 is 9.84 Å². The van der Waals surface area contributed by atoms with Crippen LogP contribution in [0.2, 0.25) is 5.02 Å². The van der Waals surface area contributed by atoms with Gasteiger partial charge in [-0.15, -0.1) is 0 Å². The van der Waals surface area contributed by atoms with Crippen LogP contribution in [0.15, 0.2) is 57.2 Å². The van der Waals surface area contributed by atoms with Crippen molar-refractivity contribution in [2.45, 2.75) is 39.2 Å². The van der Waals surface area contributed by atoms with Crippen LogP contribution < -0.4 is 16.0 Å². The first-order valence-electron chi connectivity index (χ1n) is 11.2. The minimum Gasteiger partial charge on any atom is -0.443 e. The van der Waals surface area contributed by atoms with Crippen molar-refractivity contribution in [3.63, 3.8) is 0 Å². The molecule has 1 N–H and O–H groups in total. The predicted molar refractivity (Wildman–Crippen MR) is 131 cm³/mol. The number of ether oxygens (including phenoxy) is 1. The summed E-state index contributed by atoms with van der Waals surface area (Å²) in [4.78, 5) is 35.2. The number of aliphatic hydroxyl groups excluding tert-OH is 1. The van der Waals surface area contributed by atoms with E-state index in [-0.39, 0.29) is 24.6 Å². The summed E-state index contributed by atoms with van der Waals surface area (Å²) in [7, 11) is 1.60. The first-order chi connectivity index (χ1) is 16.4. The molecule has 0 spiro atoms. The first kappa shape index (κ1) is 23.9. The number of hydrogen-bond acceptors (Lipinski definition) is 6. The van der Waals surface area contributed by atoms with E-state index in [2.05, 4.69) is 4.98 Å². The van der Waals surface area contributed by atoms with E-state index in [0.717, 1.165) is 11.3 Å². The van der Waals surface area contributed by atoms with Gasteiger partial charge in [0, 0.05) is 44.4 Å². The Bertz CT molecular complexity index is 1310. The van der Waals surface area contributed by atoms with E-state index in [1.807, 2.05) is 37.3 Å². The van der Waals surface area contributed by atoms with Crippen LogP contribution in [0.4, 0.5) is 5.82 Å². The first-order valence-corrected chi connectivity index (χ1v) is 11.6. The summed E-state index contributed by atoms with van der Waals surface area (Å²) < 4.78 is 8.78. The van der Waals surface area contributed by atoms with Gasteiger partial charge in [-0.1, -0.05) is 29.3 Å². The van der Waals surface area contributed by atoms with Crippen LogP contribution in [0, 0.1) is 12.8 Å². The average Bonchev–Trinajstić information content (AvgIpc) is 3.00. The molecule has 0 saturated heterocycles. The van der Waals surface area contributed by atoms with Gasteiger partial charge in [-0.25, -0.2) is 4.79 Å². The van der Waals surface area contributed by atoms with Crippen molar-refractivity contribution in [3.8, 4) is 5.75 Å². The predicted octanol–water partition coefficient (Wildman–Crippen LogP) is 3.20. The van der Waals surface area contributed by atoms with Gasteiger partial charge in [0.2, 0.25) is 0 Å². The number of aliphatic imine (C=N–C) groups is 1. The van der Waals surface area contributed by atoms with E-state index < -0.39 is 5.69 Å². The molecule has 1 atom stereocenters. The molecule has 2 aromatic heterocycles. The van der Waals surface area contributed by atoms with E-state index >= 15 is 0 Å². The molecule has 1 aromatic carbocycles. The van der Waals surface area contributed by atoms with Crippen molar-refractivity contribution >= 4 is 23.3 Å². The molecule has 8 nitrogen and oxygen atoms in total. The van der Waals surface area contributed by atoms with Gasteiger partial charge in [0.05, 0.1) is 10.6 Å². The fourth-order valence-corrected chi connectivity index (χ4v) is 4.16. The number of pyridine rings is 1.